The number of anilines is 1. The third kappa shape index (κ3) is 2.55. The van der Waals surface area contributed by atoms with Gasteiger partial charge in [-0.25, -0.2) is 14.6 Å². The lowest BCUT2D eigenvalue weighted by Crippen LogP contribution is -2.18. The molecular weight excluding hydrogens is 302 g/mol. The molecule has 5 nitrogen and oxygen atoms in total. The fourth-order valence-corrected chi connectivity index (χ4v) is 2.86. The van der Waals surface area contributed by atoms with E-state index in [-0.39, 0.29) is 0 Å². The molecule has 1 N–H and O–H groups in total. The third-order valence-corrected chi connectivity index (χ3v) is 3.77. The fraction of sp³-hybridized carbons (Fsp3) is 0.500. The normalized spacial score (nSPS) is 12.9. The molecule has 0 aromatic carbocycles. The SMILES string of the molecule is CSCC(C)Nc1ncnc2c1c(Br)nn2C. The zero-order valence-corrected chi connectivity index (χ0v) is 12.3. The molecule has 0 aliphatic carbocycles. The van der Waals surface area contributed by atoms with Crippen molar-refractivity contribution in [1.29, 1.82) is 0 Å². The summed E-state index contributed by atoms with van der Waals surface area (Å²) in [4.78, 5) is 8.52. The second kappa shape index (κ2) is 5.22. The molecule has 0 aliphatic heterocycles. The number of nitrogens with one attached hydrogen (secondary N) is 1. The Labute approximate surface area is 113 Å². The van der Waals surface area contributed by atoms with Crippen LogP contribution in [-0.4, -0.2) is 37.8 Å². The highest BCUT2D eigenvalue weighted by atomic mass is 79.9. The molecule has 1 unspecified atom stereocenters. The van der Waals surface area contributed by atoms with Gasteiger partial charge in [0.1, 0.15) is 16.7 Å². The zero-order valence-electron chi connectivity index (χ0n) is 9.94. The van der Waals surface area contributed by atoms with Gasteiger partial charge in [0.2, 0.25) is 0 Å². The Kier molecular flexibility index (Phi) is 3.88. The van der Waals surface area contributed by atoms with E-state index >= 15 is 0 Å². The average Bonchev–Trinajstić information content (AvgIpc) is 2.56. The van der Waals surface area contributed by atoms with Crippen LogP contribution in [0.25, 0.3) is 11.0 Å². The summed E-state index contributed by atoms with van der Waals surface area (Å²) in [6.45, 7) is 2.13. The fourth-order valence-electron chi connectivity index (χ4n) is 1.68. The minimum atomic E-state index is 0.357. The number of fused-ring (bicyclic) bond motifs is 1. The lowest BCUT2D eigenvalue weighted by atomic mass is 10.3. The molecule has 1 atom stereocenters. The molecule has 0 fully saturated rings. The minimum Gasteiger partial charge on any atom is -0.366 e. The molecule has 2 rings (SSSR count). The molecule has 0 spiro atoms. The summed E-state index contributed by atoms with van der Waals surface area (Å²) in [5, 5.41) is 8.61. The predicted octanol–water partition coefficient (Wildman–Crippen LogP) is 2.29. The monoisotopic (exact) mass is 315 g/mol. The zero-order chi connectivity index (χ0) is 12.4. The highest BCUT2D eigenvalue weighted by molar-refractivity contribution is 9.10. The highest BCUT2D eigenvalue weighted by Gasteiger charge is 2.14. The van der Waals surface area contributed by atoms with E-state index in [1.807, 2.05) is 7.05 Å². The van der Waals surface area contributed by atoms with Gasteiger partial charge in [0.05, 0.1) is 5.39 Å². The number of halogens is 1. The second-order valence-electron chi connectivity index (χ2n) is 3.84. The summed E-state index contributed by atoms with van der Waals surface area (Å²) in [6.07, 6.45) is 3.65. The van der Waals surface area contributed by atoms with Crippen LogP contribution < -0.4 is 5.32 Å². The molecule has 0 aliphatic rings. The summed E-state index contributed by atoms with van der Waals surface area (Å²) in [5.41, 5.74) is 0.825. The van der Waals surface area contributed by atoms with Crippen LogP contribution in [0, 0.1) is 0 Å². The van der Waals surface area contributed by atoms with Crippen LogP contribution in [0.15, 0.2) is 10.9 Å². The number of hydrogen-bond donors (Lipinski definition) is 1. The topological polar surface area (TPSA) is 55.6 Å². The number of thioether (sulfide) groups is 1. The molecule has 0 saturated heterocycles. The van der Waals surface area contributed by atoms with Gasteiger partial charge < -0.3 is 5.32 Å². The van der Waals surface area contributed by atoms with Gasteiger partial charge in [-0.15, -0.1) is 0 Å². The van der Waals surface area contributed by atoms with Crippen molar-refractivity contribution in [1.82, 2.24) is 19.7 Å². The number of aryl methyl sites for hydroxylation is 1. The minimum absolute atomic E-state index is 0.357. The van der Waals surface area contributed by atoms with E-state index in [4.69, 9.17) is 0 Å². The Balaban J connectivity index is 2.40. The first-order valence-corrected chi connectivity index (χ1v) is 7.41. The molecule has 2 aromatic rings. The number of rotatable bonds is 4. The Bertz CT molecular complexity index is 527. The van der Waals surface area contributed by atoms with Gasteiger partial charge in [0, 0.05) is 18.8 Å². The van der Waals surface area contributed by atoms with Crippen LogP contribution in [0.4, 0.5) is 5.82 Å². The van der Waals surface area contributed by atoms with Crippen LogP contribution >= 0.6 is 27.7 Å². The van der Waals surface area contributed by atoms with Crippen LogP contribution in [0.5, 0.6) is 0 Å². The lowest BCUT2D eigenvalue weighted by molar-refractivity contribution is 0.777. The van der Waals surface area contributed by atoms with Crippen molar-refractivity contribution in [2.75, 3.05) is 17.3 Å². The molecule has 0 amide bonds. The Morgan fingerprint density at radius 2 is 2.29 bits per heavy atom. The molecule has 0 radical (unpaired) electrons. The van der Waals surface area contributed by atoms with Gasteiger partial charge in [0.15, 0.2) is 5.65 Å². The smallest absolute Gasteiger partial charge is 0.164 e. The highest BCUT2D eigenvalue weighted by Crippen LogP contribution is 2.27. The summed E-state index contributed by atoms with van der Waals surface area (Å²) in [6, 6.07) is 0.357. The molecule has 7 heteroatoms. The largest absolute Gasteiger partial charge is 0.366 e. The van der Waals surface area contributed by atoms with Crippen molar-refractivity contribution in [3.05, 3.63) is 10.9 Å². The Hall–Kier alpha value is -0.820. The van der Waals surface area contributed by atoms with E-state index in [1.54, 1.807) is 22.8 Å². The van der Waals surface area contributed by atoms with E-state index in [0.29, 0.717) is 6.04 Å². The summed E-state index contributed by atoms with van der Waals surface area (Å²) < 4.78 is 2.51. The van der Waals surface area contributed by atoms with E-state index in [2.05, 4.69) is 49.5 Å². The predicted molar refractivity (Wildman–Crippen MR) is 75.5 cm³/mol. The van der Waals surface area contributed by atoms with Crippen molar-refractivity contribution < 1.29 is 0 Å². The van der Waals surface area contributed by atoms with Crippen LogP contribution in [0.2, 0.25) is 0 Å². The summed E-state index contributed by atoms with van der Waals surface area (Å²) >= 11 is 5.25. The quantitative estimate of drug-likeness (QED) is 0.938. The molecular formula is C10H14BrN5S. The molecule has 0 bridgehead atoms. The maximum absolute atomic E-state index is 4.29. The van der Waals surface area contributed by atoms with Gasteiger partial charge in [-0.05, 0) is 29.1 Å². The van der Waals surface area contributed by atoms with Gasteiger partial charge in [0.25, 0.3) is 0 Å². The Morgan fingerprint density at radius 1 is 1.53 bits per heavy atom. The van der Waals surface area contributed by atoms with Gasteiger partial charge in [-0.1, -0.05) is 0 Å². The van der Waals surface area contributed by atoms with Crippen LogP contribution in [0.1, 0.15) is 6.92 Å². The van der Waals surface area contributed by atoms with E-state index < -0.39 is 0 Å². The van der Waals surface area contributed by atoms with Crippen molar-refractivity contribution in [2.45, 2.75) is 13.0 Å². The molecule has 0 saturated carbocycles. The van der Waals surface area contributed by atoms with E-state index in [0.717, 1.165) is 27.2 Å². The number of nitrogens with zero attached hydrogens (tertiary/aromatic N) is 4. The first kappa shape index (κ1) is 12.6. The van der Waals surface area contributed by atoms with Crippen molar-refractivity contribution in [2.24, 2.45) is 7.05 Å². The molecule has 2 aromatic heterocycles. The lowest BCUT2D eigenvalue weighted by Gasteiger charge is -2.13. The number of aromatic nitrogens is 4. The summed E-state index contributed by atoms with van der Waals surface area (Å²) in [7, 11) is 1.87. The standard InChI is InChI=1S/C10H14BrN5S/c1-6(4-17-3)14-9-7-8(11)15-16(2)10(7)13-5-12-9/h5-6H,4H2,1-3H3,(H,12,13,14). The average molecular weight is 316 g/mol. The third-order valence-electron chi connectivity index (χ3n) is 2.38. The molecule has 17 heavy (non-hydrogen) atoms. The first-order valence-electron chi connectivity index (χ1n) is 5.22. The van der Waals surface area contributed by atoms with E-state index in [9.17, 15) is 0 Å². The second-order valence-corrected chi connectivity index (χ2v) is 5.50. The maximum atomic E-state index is 4.29. The maximum Gasteiger partial charge on any atom is 0.164 e. The van der Waals surface area contributed by atoms with Gasteiger partial charge >= 0.3 is 0 Å². The summed E-state index contributed by atoms with van der Waals surface area (Å²) in [5.74, 6) is 1.86. The number of hydrogen-bond acceptors (Lipinski definition) is 5. The van der Waals surface area contributed by atoms with Crippen molar-refractivity contribution in [3.8, 4) is 0 Å². The van der Waals surface area contributed by atoms with Crippen molar-refractivity contribution >= 4 is 44.5 Å². The molecule has 2 heterocycles. The van der Waals surface area contributed by atoms with Gasteiger partial charge in [-0.3, -0.25) is 0 Å². The first-order chi connectivity index (χ1) is 8.13. The van der Waals surface area contributed by atoms with Crippen molar-refractivity contribution in [3.63, 3.8) is 0 Å². The van der Waals surface area contributed by atoms with E-state index in [1.165, 1.54) is 0 Å². The Morgan fingerprint density at radius 3 is 3.00 bits per heavy atom. The van der Waals surface area contributed by atoms with Gasteiger partial charge in [-0.2, -0.15) is 16.9 Å². The van der Waals surface area contributed by atoms with Crippen LogP contribution in [0.3, 0.4) is 0 Å². The van der Waals surface area contributed by atoms with Crippen LogP contribution in [-0.2, 0) is 7.05 Å². The molecule has 92 valence electrons.